The van der Waals surface area contributed by atoms with E-state index in [0.717, 1.165) is 0 Å². The zero-order valence-electron chi connectivity index (χ0n) is 14.9. The first-order valence-electron chi connectivity index (χ1n) is 8.96. The molecule has 3 aliphatic rings. The summed E-state index contributed by atoms with van der Waals surface area (Å²) in [6.45, 7) is 0.318. The van der Waals surface area contributed by atoms with Gasteiger partial charge < -0.3 is 4.84 Å². The van der Waals surface area contributed by atoms with Crippen molar-refractivity contribution in [2.24, 2.45) is 11.8 Å². The fraction of sp³-hybridized carbons (Fsp3) is 0.688. The van der Waals surface area contributed by atoms with Gasteiger partial charge in [-0.3, -0.25) is 28.6 Å². The molecule has 3 rings (SSSR count). The van der Waals surface area contributed by atoms with Crippen LogP contribution in [0.2, 0.25) is 0 Å². The minimum absolute atomic E-state index is 0.0639. The molecule has 1 atom stereocenters. The monoisotopic (exact) mass is 416 g/mol. The number of rotatable bonds is 5. The SMILES string of the molecule is O=C(ON1C(=O)C[C@H](S(=O)(=O)O)C1=O)C1CCC(CN2C(=O)CCC2=O)CC1. The molecule has 0 bridgehead atoms. The first kappa shape index (κ1) is 20.4. The summed E-state index contributed by atoms with van der Waals surface area (Å²) in [4.78, 5) is 65.3. The Morgan fingerprint density at radius 3 is 2.07 bits per heavy atom. The van der Waals surface area contributed by atoms with Crippen molar-refractivity contribution < 1.29 is 41.8 Å². The lowest BCUT2D eigenvalue weighted by atomic mass is 9.82. The lowest BCUT2D eigenvalue weighted by Gasteiger charge is -2.29. The molecule has 0 aromatic heterocycles. The molecule has 2 aliphatic heterocycles. The second-order valence-corrected chi connectivity index (χ2v) is 8.86. The molecule has 1 aliphatic carbocycles. The first-order valence-corrected chi connectivity index (χ1v) is 10.5. The van der Waals surface area contributed by atoms with E-state index < -0.39 is 45.5 Å². The maximum Gasteiger partial charge on any atom is 0.336 e. The Bertz CT molecular complexity index is 813. The third-order valence-corrected chi connectivity index (χ3v) is 6.47. The largest absolute Gasteiger partial charge is 0.336 e. The number of carbonyl (C=O) groups is 5. The van der Waals surface area contributed by atoms with E-state index in [0.29, 0.717) is 32.2 Å². The van der Waals surface area contributed by atoms with Gasteiger partial charge in [-0.15, -0.1) is 5.06 Å². The van der Waals surface area contributed by atoms with Crippen LogP contribution >= 0.6 is 0 Å². The maximum atomic E-state index is 12.3. The quantitative estimate of drug-likeness (QED) is 0.457. The number of hydroxylamine groups is 2. The molecule has 0 unspecified atom stereocenters. The van der Waals surface area contributed by atoms with E-state index in [2.05, 4.69) is 0 Å². The molecule has 11 nitrogen and oxygen atoms in total. The van der Waals surface area contributed by atoms with Crippen molar-refractivity contribution in [3.63, 3.8) is 0 Å². The number of likely N-dealkylation sites (tertiary alicyclic amines) is 1. The molecule has 154 valence electrons. The Morgan fingerprint density at radius 1 is 1.00 bits per heavy atom. The van der Waals surface area contributed by atoms with Crippen LogP contribution in [-0.4, -0.2) is 64.3 Å². The fourth-order valence-electron chi connectivity index (χ4n) is 3.74. The lowest BCUT2D eigenvalue weighted by Crippen LogP contribution is -2.39. The van der Waals surface area contributed by atoms with Crippen LogP contribution in [0.25, 0.3) is 0 Å². The third kappa shape index (κ3) is 4.07. The molecule has 0 radical (unpaired) electrons. The molecule has 0 aromatic carbocycles. The summed E-state index contributed by atoms with van der Waals surface area (Å²) in [5.74, 6) is -4.04. The van der Waals surface area contributed by atoms with Crippen LogP contribution in [-0.2, 0) is 38.9 Å². The first-order chi connectivity index (χ1) is 13.1. The van der Waals surface area contributed by atoms with Gasteiger partial charge >= 0.3 is 5.97 Å². The zero-order chi connectivity index (χ0) is 20.6. The number of hydrogen-bond acceptors (Lipinski definition) is 8. The second kappa shape index (κ2) is 7.59. The van der Waals surface area contributed by atoms with Gasteiger partial charge in [0.15, 0.2) is 5.25 Å². The number of carbonyl (C=O) groups excluding carboxylic acids is 5. The van der Waals surface area contributed by atoms with Crippen molar-refractivity contribution in [2.75, 3.05) is 6.54 Å². The Labute approximate surface area is 160 Å². The Morgan fingerprint density at radius 2 is 1.57 bits per heavy atom. The highest BCUT2D eigenvalue weighted by Gasteiger charge is 2.49. The molecule has 0 spiro atoms. The summed E-state index contributed by atoms with van der Waals surface area (Å²) in [5, 5.41) is -1.85. The van der Waals surface area contributed by atoms with E-state index in [1.54, 1.807) is 0 Å². The highest BCUT2D eigenvalue weighted by molar-refractivity contribution is 7.87. The molecule has 2 heterocycles. The third-order valence-electron chi connectivity index (χ3n) is 5.38. The molecule has 28 heavy (non-hydrogen) atoms. The van der Waals surface area contributed by atoms with Gasteiger partial charge in [-0.2, -0.15) is 8.42 Å². The van der Waals surface area contributed by atoms with Crippen molar-refractivity contribution in [1.82, 2.24) is 9.96 Å². The van der Waals surface area contributed by atoms with E-state index in [1.165, 1.54) is 4.90 Å². The van der Waals surface area contributed by atoms with Crippen LogP contribution in [0.4, 0.5) is 0 Å². The van der Waals surface area contributed by atoms with Crippen molar-refractivity contribution >= 4 is 39.7 Å². The normalized spacial score (nSPS) is 29.0. The minimum atomic E-state index is -4.77. The summed E-state index contributed by atoms with van der Waals surface area (Å²) in [7, 11) is -4.77. The van der Waals surface area contributed by atoms with Crippen molar-refractivity contribution in [2.45, 2.75) is 50.2 Å². The van der Waals surface area contributed by atoms with Crippen molar-refractivity contribution in [3.05, 3.63) is 0 Å². The Balaban J connectivity index is 1.52. The van der Waals surface area contributed by atoms with Crippen LogP contribution in [0, 0.1) is 11.8 Å². The van der Waals surface area contributed by atoms with Gasteiger partial charge in [-0.1, -0.05) is 0 Å². The molecule has 3 fully saturated rings. The number of hydrogen-bond donors (Lipinski definition) is 1. The average Bonchev–Trinajstić information content (AvgIpc) is 3.09. The van der Waals surface area contributed by atoms with Crippen LogP contribution in [0.15, 0.2) is 0 Å². The standard InChI is InChI=1S/C16H20N2O9S/c19-12-5-6-13(20)17(12)8-9-1-3-10(4-2-9)16(23)27-18-14(21)7-11(15(18)22)28(24,25)26/h9-11H,1-8H2,(H,24,25,26)/t9?,10?,11-/m0/s1. The van der Waals surface area contributed by atoms with Crippen LogP contribution in [0.5, 0.6) is 0 Å². The van der Waals surface area contributed by atoms with Crippen LogP contribution in [0.3, 0.4) is 0 Å². The number of nitrogens with zero attached hydrogens (tertiary/aromatic N) is 2. The lowest BCUT2D eigenvalue weighted by molar-refractivity contribution is -0.201. The van der Waals surface area contributed by atoms with Gasteiger partial charge in [-0.25, -0.2) is 4.79 Å². The maximum absolute atomic E-state index is 12.3. The summed E-state index contributed by atoms with van der Waals surface area (Å²) >= 11 is 0. The molecule has 0 aromatic rings. The van der Waals surface area contributed by atoms with Gasteiger partial charge in [0, 0.05) is 19.4 Å². The Hall–Kier alpha value is -2.34. The molecule has 4 amide bonds. The summed E-state index contributed by atoms with van der Waals surface area (Å²) in [5.41, 5.74) is 0. The second-order valence-electron chi connectivity index (χ2n) is 7.26. The Kier molecular flexibility index (Phi) is 5.53. The van der Waals surface area contributed by atoms with Crippen molar-refractivity contribution in [1.29, 1.82) is 0 Å². The highest BCUT2D eigenvalue weighted by Crippen LogP contribution is 2.32. The van der Waals surface area contributed by atoms with E-state index in [1.807, 2.05) is 0 Å². The van der Waals surface area contributed by atoms with Gasteiger partial charge in [0.1, 0.15) is 0 Å². The number of amides is 4. The summed E-state index contributed by atoms with van der Waals surface area (Å²) in [6.07, 6.45) is 1.57. The predicted octanol–water partition coefficient (Wildman–Crippen LogP) is -0.585. The van der Waals surface area contributed by atoms with E-state index in [9.17, 15) is 32.4 Å². The number of imide groups is 2. The van der Waals surface area contributed by atoms with Crippen LogP contribution in [0.1, 0.15) is 44.9 Å². The predicted molar refractivity (Wildman–Crippen MR) is 89.3 cm³/mol. The fourth-order valence-corrected chi connectivity index (χ4v) is 4.44. The van der Waals surface area contributed by atoms with E-state index in [4.69, 9.17) is 9.39 Å². The van der Waals surface area contributed by atoms with Crippen molar-refractivity contribution in [3.8, 4) is 0 Å². The molecule has 1 saturated carbocycles. The zero-order valence-corrected chi connectivity index (χ0v) is 15.7. The molecule has 1 N–H and O–H groups in total. The molecule has 12 heteroatoms. The van der Waals surface area contributed by atoms with E-state index in [-0.39, 0.29) is 35.6 Å². The van der Waals surface area contributed by atoms with E-state index >= 15 is 0 Å². The van der Waals surface area contributed by atoms with Crippen LogP contribution < -0.4 is 0 Å². The average molecular weight is 416 g/mol. The van der Waals surface area contributed by atoms with Gasteiger partial charge in [0.2, 0.25) is 11.8 Å². The summed E-state index contributed by atoms with van der Waals surface area (Å²) < 4.78 is 31.2. The summed E-state index contributed by atoms with van der Waals surface area (Å²) in [6, 6.07) is 0. The molecule has 2 saturated heterocycles. The molecular formula is C16H20N2O9S. The van der Waals surface area contributed by atoms with Gasteiger partial charge in [-0.05, 0) is 31.6 Å². The van der Waals surface area contributed by atoms with Gasteiger partial charge in [0.25, 0.3) is 21.9 Å². The molecular weight excluding hydrogens is 396 g/mol. The minimum Gasteiger partial charge on any atom is -0.330 e. The topological polar surface area (TPSA) is 155 Å². The highest BCUT2D eigenvalue weighted by atomic mass is 32.2. The van der Waals surface area contributed by atoms with Gasteiger partial charge in [0.05, 0.1) is 12.3 Å². The smallest absolute Gasteiger partial charge is 0.330 e.